The van der Waals surface area contributed by atoms with Gasteiger partial charge in [0.15, 0.2) is 0 Å². The molecule has 6 nitrogen and oxygen atoms in total. The molecule has 0 amide bonds. The molecule has 20 heavy (non-hydrogen) atoms. The quantitative estimate of drug-likeness (QED) is 0.633. The van der Waals surface area contributed by atoms with Gasteiger partial charge in [0.2, 0.25) is 5.82 Å². The smallest absolute Gasteiger partial charge is 0.376 e. The standard InChI is InChI=1S/C14H21N3O3/c1-10-9-12(17-13(16-10)14(18)19-2)15-7-8-20-11-5-3-4-6-11/h9,11H,3-8H2,1-2H3,(H,15,16,17). The second-order valence-corrected chi connectivity index (χ2v) is 4.91. The number of hydrogen-bond acceptors (Lipinski definition) is 6. The van der Waals surface area contributed by atoms with Crippen LogP contribution < -0.4 is 5.32 Å². The van der Waals surface area contributed by atoms with Gasteiger partial charge in [-0.25, -0.2) is 14.8 Å². The van der Waals surface area contributed by atoms with Crippen LogP contribution in [-0.2, 0) is 9.47 Å². The average Bonchev–Trinajstić information content (AvgIpc) is 2.95. The van der Waals surface area contributed by atoms with E-state index < -0.39 is 5.97 Å². The highest BCUT2D eigenvalue weighted by molar-refractivity contribution is 5.85. The Morgan fingerprint density at radius 2 is 2.15 bits per heavy atom. The van der Waals surface area contributed by atoms with E-state index in [4.69, 9.17) is 4.74 Å². The molecule has 110 valence electrons. The highest BCUT2D eigenvalue weighted by atomic mass is 16.5. The minimum absolute atomic E-state index is 0.0757. The number of carbonyl (C=O) groups excluding carboxylic acids is 1. The van der Waals surface area contributed by atoms with Crippen LogP contribution in [0.25, 0.3) is 0 Å². The normalized spacial score (nSPS) is 15.3. The first-order valence-corrected chi connectivity index (χ1v) is 6.98. The summed E-state index contributed by atoms with van der Waals surface area (Å²) in [6.07, 6.45) is 5.28. The molecule has 1 saturated carbocycles. The minimum atomic E-state index is -0.529. The molecule has 1 aliphatic rings. The zero-order chi connectivity index (χ0) is 14.4. The van der Waals surface area contributed by atoms with Gasteiger partial charge in [0.25, 0.3) is 0 Å². The molecule has 0 unspecified atom stereocenters. The van der Waals surface area contributed by atoms with E-state index in [-0.39, 0.29) is 5.82 Å². The molecular weight excluding hydrogens is 258 g/mol. The van der Waals surface area contributed by atoms with E-state index in [1.54, 1.807) is 6.07 Å². The highest BCUT2D eigenvalue weighted by Crippen LogP contribution is 2.20. The number of nitrogens with one attached hydrogen (secondary N) is 1. The molecule has 1 aromatic heterocycles. The Hall–Kier alpha value is -1.69. The van der Waals surface area contributed by atoms with Crippen molar-refractivity contribution in [1.29, 1.82) is 0 Å². The molecule has 1 aromatic rings. The molecule has 0 bridgehead atoms. The zero-order valence-corrected chi connectivity index (χ0v) is 12.0. The van der Waals surface area contributed by atoms with Gasteiger partial charge in [0.1, 0.15) is 5.82 Å². The number of methoxy groups -OCH3 is 1. The lowest BCUT2D eigenvalue weighted by Crippen LogP contribution is -2.17. The van der Waals surface area contributed by atoms with E-state index in [0.717, 1.165) is 5.69 Å². The Morgan fingerprint density at radius 1 is 1.40 bits per heavy atom. The summed E-state index contributed by atoms with van der Waals surface area (Å²) >= 11 is 0. The van der Waals surface area contributed by atoms with Crippen molar-refractivity contribution in [3.8, 4) is 0 Å². The molecular formula is C14H21N3O3. The lowest BCUT2D eigenvalue weighted by molar-refractivity contribution is 0.0586. The molecule has 1 aliphatic carbocycles. The van der Waals surface area contributed by atoms with Crippen LogP contribution in [0, 0.1) is 6.92 Å². The lowest BCUT2D eigenvalue weighted by Gasteiger charge is -2.12. The number of carbonyl (C=O) groups is 1. The Labute approximate surface area is 118 Å². The first-order valence-electron chi connectivity index (χ1n) is 6.98. The van der Waals surface area contributed by atoms with Gasteiger partial charge in [0.05, 0.1) is 19.8 Å². The summed E-state index contributed by atoms with van der Waals surface area (Å²) in [4.78, 5) is 19.6. The van der Waals surface area contributed by atoms with E-state index in [1.807, 2.05) is 6.92 Å². The van der Waals surface area contributed by atoms with Gasteiger partial charge in [0, 0.05) is 18.3 Å². The van der Waals surface area contributed by atoms with Gasteiger partial charge in [-0.05, 0) is 19.8 Å². The maximum absolute atomic E-state index is 11.4. The van der Waals surface area contributed by atoms with E-state index in [2.05, 4.69) is 20.0 Å². The van der Waals surface area contributed by atoms with Crippen molar-refractivity contribution in [3.05, 3.63) is 17.6 Å². The van der Waals surface area contributed by atoms with Crippen molar-refractivity contribution in [2.75, 3.05) is 25.6 Å². The number of anilines is 1. The topological polar surface area (TPSA) is 73.3 Å². The Balaban J connectivity index is 1.82. The van der Waals surface area contributed by atoms with Crippen LogP contribution in [0.4, 0.5) is 5.82 Å². The molecule has 2 rings (SSSR count). The summed E-state index contributed by atoms with van der Waals surface area (Å²) in [6, 6.07) is 1.79. The number of esters is 1. The van der Waals surface area contributed by atoms with Crippen LogP contribution in [0.2, 0.25) is 0 Å². The van der Waals surface area contributed by atoms with E-state index >= 15 is 0 Å². The predicted octanol–water partition coefficient (Wildman–Crippen LogP) is 1.94. The van der Waals surface area contributed by atoms with Crippen LogP contribution in [0.3, 0.4) is 0 Å². The summed E-state index contributed by atoms with van der Waals surface area (Å²) in [6.45, 7) is 3.11. The van der Waals surface area contributed by atoms with Crippen molar-refractivity contribution < 1.29 is 14.3 Å². The van der Waals surface area contributed by atoms with Crippen molar-refractivity contribution >= 4 is 11.8 Å². The Morgan fingerprint density at radius 3 is 2.85 bits per heavy atom. The Bertz CT molecular complexity index is 459. The maximum atomic E-state index is 11.4. The highest BCUT2D eigenvalue weighted by Gasteiger charge is 2.15. The number of hydrogen-bond donors (Lipinski definition) is 1. The maximum Gasteiger partial charge on any atom is 0.376 e. The number of nitrogens with zero attached hydrogens (tertiary/aromatic N) is 2. The molecule has 0 radical (unpaired) electrons. The van der Waals surface area contributed by atoms with Gasteiger partial charge in [-0.2, -0.15) is 0 Å². The second kappa shape index (κ2) is 7.19. The fourth-order valence-electron chi connectivity index (χ4n) is 2.30. The van der Waals surface area contributed by atoms with Crippen LogP contribution in [0.1, 0.15) is 42.0 Å². The fraction of sp³-hybridized carbons (Fsp3) is 0.643. The molecule has 0 saturated heterocycles. The van der Waals surface area contributed by atoms with Crippen molar-refractivity contribution in [2.45, 2.75) is 38.7 Å². The van der Waals surface area contributed by atoms with Crippen LogP contribution in [0.15, 0.2) is 6.07 Å². The third-order valence-electron chi connectivity index (χ3n) is 3.29. The van der Waals surface area contributed by atoms with Crippen molar-refractivity contribution in [2.24, 2.45) is 0 Å². The monoisotopic (exact) mass is 279 g/mol. The van der Waals surface area contributed by atoms with Gasteiger partial charge < -0.3 is 14.8 Å². The largest absolute Gasteiger partial charge is 0.463 e. The summed E-state index contributed by atoms with van der Waals surface area (Å²) in [5.74, 6) is 0.165. The molecule has 1 N–H and O–H groups in total. The summed E-state index contributed by atoms with van der Waals surface area (Å²) in [5, 5.41) is 3.14. The third-order valence-corrected chi connectivity index (χ3v) is 3.29. The zero-order valence-electron chi connectivity index (χ0n) is 12.0. The second-order valence-electron chi connectivity index (χ2n) is 4.91. The predicted molar refractivity (Wildman–Crippen MR) is 74.8 cm³/mol. The lowest BCUT2D eigenvalue weighted by atomic mass is 10.3. The van der Waals surface area contributed by atoms with E-state index in [9.17, 15) is 4.79 Å². The molecule has 1 fully saturated rings. The van der Waals surface area contributed by atoms with Crippen LogP contribution in [0.5, 0.6) is 0 Å². The first kappa shape index (κ1) is 14.7. The first-order chi connectivity index (χ1) is 9.69. The summed E-state index contributed by atoms with van der Waals surface area (Å²) in [7, 11) is 1.32. The number of rotatable bonds is 6. The number of aromatic nitrogens is 2. The van der Waals surface area contributed by atoms with E-state index in [0.29, 0.717) is 25.1 Å². The number of ether oxygens (including phenoxy) is 2. The Kier molecular flexibility index (Phi) is 5.29. The third kappa shape index (κ3) is 4.16. The van der Waals surface area contributed by atoms with Crippen molar-refractivity contribution in [3.63, 3.8) is 0 Å². The molecule has 0 aromatic carbocycles. The van der Waals surface area contributed by atoms with Crippen LogP contribution >= 0.6 is 0 Å². The molecule has 6 heteroatoms. The van der Waals surface area contributed by atoms with Gasteiger partial charge in [-0.15, -0.1) is 0 Å². The van der Waals surface area contributed by atoms with Gasteiger partial charge in [-0.3, -0.25) is 0 Å². The van der Waals surface area contributed by atoms with Gasteiger partial charge in [-0.1, -0.05) is 12.8 Å². The molecule has 0 aliphatic heterocycles. The SMILES string of the molecule is COC(=O)c1nc(C)cc(NCCOC2CCCC2)n1. The van der Waals surface area contributed by atoms with Gasteiger partial charge >= 0.3 is 5.97 Å². The fourth-order valence-corrected chi connectivity index (χ4v) is 2.30. The summed E-state index contributed by atoms with van der Waals surface area (Å²) in [5.41, 5.74) is 0.722. The van der Waals surface area contributed by atoms with Crippen molar-refractivity contribution in [1.82, 2.24) is 9.97 Å². The summed E-state index contributed by atoms with van der Waals surface area (Å²) < 4.78 is 10.4. The van der Waals surface area contributed by atoms with Crippen LogP contribution in [-0.4, -0.2) is 42.3 Å². The molecule has 0 atom stereocenters. The average molecular weight is 279 g/mol. The van der Waals surface area contributed by atoms with E-state index in [1.165, 1.54) is 32.8 Å². The molecule has 0 spiro atoms. The minimum Gasteiger partial charge on any atom is -0.463 e. The molecule has 1 heterocycles. The number of aryl methyl sites for hydroxylation is 1.